The molecule has 0 spiro atoms. The van der Waals surface area contributed by atoms with Crippen LogP contribution in [0.3, 0.4) is 0 Å². The van der Waals surface area contributed by atoms with Crippen molar-refractivity contribution in [1.82, 2.24) is 42.1 Å². The Morgan fingerprint density at radius 3 is 1.83 bits per heavy atom. The summed E-state index contributed by atoms with van der Waals surface area (Å²) in [6.45, 7) is -1.78. The smallest absolute Gasteiger partial charge is 0.246 e. The Labute approximate surface area is 583 Å². The summed E-state index contributed by atoms with van der Waals surface area (Å²) in [6.07, 6.45) is -29.9. The number of amides is 4. The molecule has 4 amide bonds. The van der Waals surface area contributed by atoms with Crippen LogP contribution in [0.25, 0.3) is 0 Å². The number of hydrogen-bond donors (Lipinski definition) is 23. The first-order chi connectivity index (χ1) is 48.8. The van der Waals surface area contributed by atoms with Crippen molar-refractivity contribution in [2.24, 2.45) is 5.73 Å². The number of nitrogens with one attached hydrogen (secondary N) is 9. The standard InChI is InChI=1S/C66H88N11O25/c1-30(34-10-6-3-7-11-34)44(67)59(93)73-38(58(92)75-45(47(82)39-21-70-65(68)74-39)61(95)76-46(60(94)72-35(23-78)24-79)48(83)40-22-71-66(69)77(40)62-54(89)51(86)49(84)41(25-80)99-62)20-31-12-18-37(19-13-31)98-63-56(91)53(88)57(42(26-81)100-63)102-64-55(90)52(87)50(85)43(101-64)29-96-27-33-14-16-36(17-15-33)97-28-32-8-4-2-5-9-32/h2-19,30,35,38-57,62-64,78,80-91H,20-23,25-29,67H2,1H3,(H2,69,71)(H,72,94)(H,73,93)(H,75,92)(H,76,95)(H3,68,70,74)/t30?,35-,38-,39?,40?,41?,42?,43?,44-,45-,46-,47?,48?,49?,50?,51?,52?,53?,54?,55?,56?,57?,62?,63?,64?/m0/s1. The molecule has 102 heavy (non-hydrogen) atoms. The molecule has 9 rings (SSSR count). The van der Waals surface area contributed by atoms with Crippen LogP contribution in [0, 0.1) is 10.8 Å². The van der Waals surface area contributed by atoms with Crippen molar-refractivity contribution in [3.63, 3.8) is 0 Å². The highest BCUT2D eigenvalue weighted by atomic mass is 16.7. The zero-order chi connectivity index (χ0) is 73.6. The number of benzene rings is 4. The van der Waals surface area contributed by atoms with E-state index in [-0.39, 0.29) is 37.0 Å². The van der Waals surface area contributed by atoms with E-state index in [0.29, 0.717) is 17.9 Å². The third-order valence-corrected chi connectivity index (χ3v) is 18.3. The Hall–Kier alpha value is -8.19. The second kappa shape index (κ2) is 35.8. The van der Waals surface area contributed by atoms with E-state index in [1.165, 1.54) is 30.6 Å². The van der Waals surface area contributed by atoms with Gasteiger partial charge < -0.3 is 147 Å². The highest BCUT2D eigenvalue weighted by molar-refractivity contribution is 5.96. The molecule has 20 unspecified atom stereocenters. The molecule has 4 aromatic carbocycles. The quantitative estimate of drug-likeness (QED) is 0.0216. The molecule has 4 aromatic rings. The lowest BCUT2D eigenvalue weighted by Crippen LogP contribution is -2.69. The van der Waals surface area contributed by atoms with Crippen molar-refractivity contribution in [3.05, 3.63) is 131 Å². The van der Waals surface area contributed by atoms with E-state index in [9.17, 15) is 90.4 Å². The molecule has 0 aromatic heterocycles. The van der Waals surface area contributed by atoms with Gasteiger partial charge in [-0.1, -0.05) is 91.9 Å². The molecule has 557 valence electrons. The predicted octanol–water partition coefficient (Wildman–Crippen LogP) is -8.57. The third kappa shape index (κ3) is 18.8. The monoisotopic (exact) mass is 1430 g/mol. The van der Waals surface area contributed by atoms with Gasteiger partial charge in [0.25, 0.3) is 0 Å². The Morgan fingerprint density at radius 1 is 0.618 bits per heavy atom. The van der Waals surface area contributed by atoms with Crippen molar-refractivity contribution in [2.75, 3.05) is 39.5 Å². The van der Waals surface area contributed by atoms with Gasteiger partial charge in [0.05, 0.1) is 51.2 Å². The van der Waals surface area contributed by atoms with Gasteiger partial charge in [-0.3, -0.25) is 34.8 Å². The number of guanidine groups is 2. The lowest BCUT2D eigenvalue weighted by molar-refractivity contribution is -0.353. The molecule has 5 saturated heterocycles. The van der Waals surface area contributed by atoms with Gasteiger partial charge in [-0.15, -0.1) is 0 Å². The number of hydrogen-bond acceptors (Lipinski definition) is 28. The van der Waals surface area contributed by atoms with E-state index in [1.807, 2.05) is 30.3 Å². The second-order valence-corrected chi connectivity index (χ2v) is 25.3. The summed E-state index contributed by atoms with van der Waals surface area (Å²) in [6, 6.07) is 18.5. The van der Waals surface area contributed by atoms with Crippen LogP contribution in [0.4, 0.5) is 0 Å². The van der Waals surface area contributed by atoms with Gasteiger partial charge in [-0.2, -0.15) is 0 Å². The molecule has 0 saturated carbocycles. The molecule has 0 bridgehead atoms. The maximum absolute atomic E-state index is 15.0. The number of aliphatic hydroxyl groups excluding tert-OH is 13. The predicted molar refractivity (Wildman–Crippen MR) is 350 cm³/mol. The van der Waals surface area contributed by atoms with E-state index in [0.717, 1.165) is 16.0 Å². The summed E-state index contributed by atoms with van der Waals surface area (Å²) in [7, 11) is 0. The molecule has 5 aliphatic heterocycles. The van der Waals surface area contributed by atoms with Crippen molar-refractivity contribution in [2.45, 2.75) is 179 Å². The number of carbonyl (C=O) groups is 4. The van der Waals surface area contributed by atoms with Crippen LogP contribution in [-0.2, 0) is 67.3 Å². The maximum Gasteiger partial charge on any atom is 0.246 e. The van der Waals surface area contributed by atoms with E-state index in [4.69, 9.17) is 49.7 Å². The number of aliphatic hydroxyl groups is 13. The van der Waals surface area contributed by atoms with Gasteiger partial charge in [0.1, 0.15) is 128 Å². The average molecular weight is 1440 g/mol. The summed E-state index contributed by atoms with van der Waals surface area (Å²) < 4.78 is 40.8. The average Bonchev–Trinajstić information content (AvgIpc) is 1.41. The van der Waals surface area contributed by atoms with Gasteiger partial charge in [-0.05, 0) is 46.5 Å². The fourth-order valence-electron chi connectivity index (χ4n) is 12.2. The molecular weight excluding hydrogens is 1350 g/mol. The number of carbonyl (C=O) groups excluding carboxylic acids is 5. The lowest BCUT2D eigenvalue weighted by Gasteiger charge is -2.46. The summed E-state index contributed by atoms with van der Waals surface area (Å²) in [4.78, 5) is 71.0. The van der Waals surface area contributed by atoms with Gasteiger partial charge in [-0.25, -0.2) is 0 Å². The fraction of sp³-hybridized carbons (Fsp3) is 0.530. The van der Waals surface area contributed by atoms with Gasteiger partial charge in [0, 0.05) is 25.4 Å². The lowest BCUT2D eigenvalue weighted by atomic mass is 9.93. The highest BCUT2D eigenvalue weighted by Gasteiger charge is 2.54. The first-order valence-corrected chi connectivity index (χ1v) is 32.8. The van der Waals surface area contributed by atoms with Gasteiger partial charge >= 0.3 is 0 Å². The zero-order valence-electron chi connectivity index (χ0n) is 54.9. The Bertz CT molecular complexity index is 3420. The van der Waals surface area contributed by atoms with E-state index < -0.39 is 215 Å². The van der Waals surface area contributed by atoms with Crippen LogP contribution in [0.2, 0.25) is 0 Å². The number of ether oxygens (including phenoxy) is 7. The molecule has 0 aliphatic carbocycles. The first-order valence-electron chi connectivity index (χ1n) is 32.8. The van der Waals surface area contributed by atoms with Crippen molar-refractivity contribution >= 4 is 41.8 Å². The minimum atomic E-state index is -2.30. The summed E-state index contributed by atoms with van der Waals surface area (Å²) >= 11 is 0. The molecule has 36 heteroatoms. The summed E-state index contributed by atoms with van der Waals surface area (Å²) in [5.41, 5.74) is 9.13. The number of rotatable bonds is 32. The van der Waals surface area contributed by atoms with Gasteiger partial charge in [0.2, 0.25) is 36.2 Å². The molecule has 5 aliphatic rings. The number of nitrogens with zero attached hydrogens (tertiary/aromatic N) is 1. The Morgan fingerprint density at radius 2 is 1.20 bits per heavy atom. The highest BCUT2D eigenvalue weighted by Crippen LogP contribution is 2.33. The second-order valence-electron chi connectivity index (χ2n) is 25.3. The fourth-order valence-corrected chi connectivity index (χ4v) is 12.2. The van der Waals surface area contributed by atoms with Crippen LogP contribution < -0.4 is 52.4 Å². The minimum Gasteiger partial charge on any atom is -0.489 e. The third-order valence-electron chi connectivity index (χ3n) is 18.3. The molecule has 36 nitrogen and oxygen atoms in total. The number of nitrogens with two attached hydrogens (primary N) is 1. The van der Waals surface area contributed by atoms with E-state index >= 15 is 0 Å². The van der Waals surface area contributed by atoms with Crippen LogP contribution >= 0.6 is 0 Å². The maximum atomic E-state index is 15.0. The first kappa shape index (κ1) is 78.0. The largest absolute Gasteiger partial charge is 0.489 e. The van der Waals surface area contributed by atoms with Crippen molar-refractivity contribution in [1.29, 1.82) is 10.8 Å². The van der Waals surface area contributed by atoms with Crippen LogP contribution in [0.15, 0.2) is 109 Å². The van der Waals surface area contributed by atoms with Crippen molar-refractivity contribution in [3.8, 4) is 11.5 Å². The summed E-state index contributed by atoms with van der Waals surface area (Å²) in [5.74, 6) is -5.93. The Balaban J connectivity index is 0.898. The normalized spacial score (nSPS) is 30.3. The van der Waals surface area contributed by atoms with E-state index in [2.05, 4.69) is 37.2 Å². The summed E-state index contributed by atoms with van der Waals surface area (Å²) in [5, 5.41) is 176. The molecule has 5 heterocycles. The van der Waals surface area contributed by atoms with Crippen molar-refractivity contribution < 1.29 is 124 Å². The SMILES string of the molecule is CC(c1ccccc1)[C@H](N)C(=O)N[C@@H](Cc1ccc(OC2OC(CO)C(OC3OC(COCc4ccc(OCc5ccccc5)cc4)C(O)C(O)C3O)C(O)C2O)cc1)C(=O)N[C@H](C(=O)N[C@H](C(=O)N[C@H]([C]=O)CO)C(O)C1CNC(=N)N1C1OC(CO)C(O)C(O)C1O)C(O)C1CNC(=N)N1. The van der Waals surface area contributed by atoms with Crippen LogP contribution in [-0.4, -0.2) is 299 Å². The van der Waals surface area contributed by atoms with Crippen LogP contribution in [0.1, 0.15) is 35.1 Å². The molecule has 1 radical (unpaired) electrons. The molecular formula is C66H88N11O25. The van der Waals surface area contributed by atoms with Gasteiger partial charge in [0.15, 0.2) is 24.4 Å². The van der Waals surface area contributed by atoms with E-state index in [1.54, 1.807) is 61.5 Å². The Kier molecular flexibility index (Phi) is 27.4. The molecule has 5 fully saturated rings. The minimum absolute atomic E-state index is 0.0351. The van der Waals surface area contributed by atoms with Crippen LogP contribution in [0.5, 0.6) is 11.5 Å². The topological polar surface area (TPSA) is 574 Å². The molecule has 25 atom stereocenters. The molecule has 24 N–H and O–H groups in total. The zero-order valence-corrected chi connectivity index (χ0v) is 54.9.